The number of carbonyl (C=O) groups excluding carboxylic acids is 1. The lowest BCUT2D eigenvalue weighted by Gasteiger charge is -2.34. The number of rotatable bonds is 5. The number of benzene rings is 2. The molecule has 144 valence electrons. The number of nitrogens with zero attached hydrogens (tertiary/aromatic N) is 1. The van der Waals surface area contributed by atoms with Gasteiger partial charge in [-0.1, -0.05) is 53.5 Å². The first-order valence-corrected chi connectivity index (χ1v) is 11.0. The van der Waals surface area contributed by atoms with E-state index < -0.39 is 15.8 Å². The minimum Gasteiger partial charge on any atom is -0.460 e. The first-order chi connectivity index (χ1) is 12.9. The highest BCUT2D eigenvalue weighted by Gasteiger charge is 2.29. The highest BCUT2D eigenvalue weighted by Crippen LogP contribution is 2.25. The van der Waals surface area contributed by atoms with Gasteiger partial charge in [0, 0.05) is 13.1 Å². The van der Waals surface area contributed by atoms with E-state index in [2.05, 4.69) is 0 Å². The first kappa shape index (κ1) is 20.1. The standard InChI is InChI=1S/C19H19Cl2NO4S/c20-16-7-6-15(12-17(16)21)19(23)26-13-18(14-4-2-1-3-5-14)22-8-10-27(24,25)11-9-22/h1-7,12,18H,8-11,13H2/t18-/m1/s1. The third-order valence-electron chi connectivity index (χ3n) is 4.53. The van der Waals surface area contributed by atoms with E-state index in [-0.39, 0.29) is 29.2 Å². The largest absolute Gasteiger partial charge is 0.460 e. The van der Waals surface area contributed by atoms with Crippen molar-refractivity contribution in [2.75, 3.05) is 31.2 Å². The van der Waals surface area contributed by atoms with Crippen LogP contribution in [0.25, 0.3) is 0 Å². The summed E-state index contributed by atoms with van der Waals surface area (Å²) in [4.78, 5) is 14.4. The summed E-state index contributed by atoms with van der Waals surface area (Å²) in [7, 11) is -2.99. The third kappa shape index (κ3) is 5.23. The zero-order chi connectivity index (χ0) is 19.4. The van der Waals surface area contributed by atoms with Crippen molar-refractivity contribution in [3.05, 3.63) is 69.7 Å². The van der Waals surface area contributed by atoms with Crippen LogP contribution >= 0.6 is 23.2 Å². The Balaban J connectivity index is 1.73. The Labute approximate surface area is 168 Å². The van der Waals surface area contributed by atoms with E-state index in [9.17, 15) is 13.2 Å². The summed E-state index contributed by atoms with van der Waals surface area (Å²) in [6, 6.07) is 14.0. The molecule has 1 saturated heterocycles. The molecule has 8 heteroatoms. The summed E-state index contributed by atoms with van der Waals surface area (Å²) in [5, 5.41) is 0.650. The topological polar surface area (TPSA) is 63.7 Å². The van der Waals surface area contributed by atoms with Crippen molar-refractivity contribution in [2.24, 2.45) is 0 Å². The minimum atomic E-state index is -2.99. The third-order valence-corrected chi connectivity index (χ3v) is 6.88. The number of hydrogen-bond donors (Lipinski definition) is 0. The van der Waals surface area contributed by atoms with Crippen LogP contribution in [-0.4, -0.2) is 50.5 Å². The van der Waals surface area contributed by atoms with Crippen LogP contribution in [0.2, 0.25) is 10.0 Å². The molecule has 0 bridgehead atoms. The van der Waals surface area contributed by atoms with Crippen molar-refractivity contribution >= 4 is 39.0 Å². The fraction of sp³-hybridized carbons (Fsp3) is 0.316. The Kier molecular flexibility index (Phi) is 6.42. The van der Waals surface area contributed by atoms with Crippen LogP contribution in [0, 0.1) is 0 Å². The van der Waals surface area contributed by atoms with Gasteiger partial charge in [0.05, 0.1) is 33.2 Å². The van der Waals surface area contributed by atoms with Gasteiger partial charge in [-0.2, -0.15) is 0 Å². The van der Waals surface area contributed by atoms with Gasteiger partial charge in [0.25, 0.3) is 0 Å². The maximum Gasteiger partial charge on any atom is 0.338 e. The first-order valence-electron chi connectivity index (χ1n) is 8.47. The molecule has 0 N–H and O–H groups in total. The molecule has 1 aliphatic rings. The van der Waals surface area contributed by atoms with Crippen LogP contribution in [0.4, 0.5) is 0 Å². The van der Waals surface area contributed by atoms with Gasteiger partial charge < -0.3 is 4.74 Å². The zero-order valence-corrected chi connectivity index (χ0v) is 16.8. The van der Waals surface area contributed by atoms with E-state index in [1.165, 1.54) is 6.07 Å². The second-order valence-corrected chi connectivity index (χ2v) is 9.46. The smallest absolute Gasteiger partial charge is 0.338 e. The molecular weight excluding hydrogens is 409 g/mol. The second-order valence-electron chi connectivity index (χ2n) is 6.34. The van der Waals surface area contributed by atoms with E-state index in [1.54, 1.807) is 12.1 Å². The molecular formula is C19H19Cl2NO4S. The summed E-state index contributed by atoms with van der Waals surface area (Å²) in [6.07, 6.45) is 0. The van der Waals surface area contributed by atoms with E-state index in [1.807, 2.05) is 35.2 Å². The van der Waals surface area contributed by atoms with Gasteiger partial charge in [0.15, 0.2) is 9.84 Å². The van der Waals surface area contributed by atoms with Crippen LogP contribution in [0.1, 0.15) is 22.0 Å². The van der Waals surface area contributed by atoms with Crippen molar-refractivity contribution in [2.45, 2.75) is 6.04 Å². The highest BCUT2D eigenvalue weighted by molar-refractivity contribution is 7.91. The molecule has 0 radical (unpaired) electrons. The molecule has 0 spiro atoms. The fourth-order valence-electron chi connectivity index (χ4n) is 2.99. The van der Waals surface area contributed by atoms with Crippen molar-refractivity contribution in [1.29, 1.82) is 0 Å². The highest BCUT2D eigenvalue weighted by atomic mass is 35.5. The van der Waals surface area contributed by atoms with Crippen LogP contribution in [0.5, 0.6) is 0 Å². The van der Waals surface area contributed by atoms with Crippen molar-refractivity contribution in [1.82, 2.24) is 4.90 Å². The molecule has 0 saturated carbocycles. The van der Waals surface area contributed by atoms with Gasteiger partial charge in [0.1, 0.15) is 6.61 Å². The Bertz CT molecular complexity index is 905. The summed E-state index contributed by atoms with van der Waals surface area (Å²) in [5.74, 6) is -0.284. The van der Waals surface area contributed by atoms with Crippen molar-refractivity contribution < 1.29 is 17.9 Å². The average molecular weight is 428 g/mol. The predicted octanol–water partition coefficient (Wildman–Crippen LogP) is 3.62. The Hall–Kier alpha value is -1.60. The summed E-state index contributed by atoms with van der Waals surface area (Å²) >= 11 is 11.8. The monoisotopic (exact) mass is 427 g/mol. The maximum absolute atomic E-state index is 12.4. The number of ether oxygens (including phenoxy) is 1. The quantitative estimate of drug-likeness (QED) is 0.681. The molecule has 5 nitrogen and oxygen atoms in total. The average Bonchev–Trinajstić information content (AvgIpc) is 2.66. The van der Waals surface area contributed by atoms with Crippen molar-refractivity contribution in [3.8, 4) is 0 Å². The molecule has 3 rings (SSSR count). The second kappa shape index (κ2) is 8.61. The molecule has 1 atom stereocenters. The molecule has 0 amide bonds. The fourth-order valence-corrected chi connectivity index (χ4v) is 4.51. The van der Waals surface area contributed by atoms with Crippen molar-refractivity contribution in [3.63, 3.8) is 0 Å². The summed E-state index contributed by atoms with van der Waals surface area (Å²) in [5.41, 5.74) is 1.29. The van der Waals surface area contributed by atoms with Gasteiger partial charge in [-0.05, 0) is 23.8 Å². The summed E-state index contributed by atoms with van der Waals surface area (Å²) in [6.45, 7) is 0.932. The van der Waals surface area contributed by atoms with Gasteiger partial charge in [0.2, 0.25) is 0 Å². The van der Waals surface area contributed by atoms with E-state index in [0.29, 0.717) is 23.7 Å². The Morgan fingerprint density at radius 2 is 1.70 bits per heavy atom. The number of esters is 1. The van der Waals surface area contributed by atoms with Crippen LogP contribution in [-0.2, 0) is 14.6 Å². The van der Waals surface area contributed by atoms with Crippen LogP contribution in [0.15, 0.2) is 48.5 Å². The van der Waals surface area contributed by atoms with E-state index >= 15 is 0 Å². The molecule has 1 fully saturated rings. The molecule has 1 heterocycles. The van der Waals surface area contributed by atoms with E-state index in [0.717, 1.165) is 5.56 Å². The van der Waals surface area contributed by atoms with Gasteiger partial charge >= 0.3 is 5.97 Å². The molecule has 0 aromatic heterocycles. The minimum absolute atomic E-state index is 0.108. The normalized spacial score (nSPS) is 18.0. The predicted molar refractivity (Wildman–Crippen MR) is 106 cm³/mol. The number of sulfone groups is 1. The SMILES string of the molecule is O=C(OC[C@H](c1ccccc1)N1CCS(=O)(=O)CC1)c1ccc(Cl)c(Cl)c1. The molecule has 2 aromatic rings. The molecule has 2 aromatic carbocycles. The molecule has 0 unspecified atom stereocenters. The number of carbonyl (C=O) groups is 1. The number of hydrogen-bond acceptors (Lipinski definition) is 5. The zero-order valence-electron chi connectivity index (χ0n) is 14.5. The summed E-state index contributed by atoms with van der Waals surface area (Å²) < 4.78 is 29.0. The van der Waals surface area contributed by atoms with Gasteiger partial charge in [-0.15, -0.1) is 0 Å². The van der Waals surface area contributed by atoms with Gasteiger partial charge in [-0.3, -0.25) is 4.90 Å². The van der Waals surface area contributed by atoms with E-state index in [4.69, 9.17) is 27.9 Å². The number of halogens is 2. The van der Waals surface area contributed by atoms with Crippen LogP contribution < -0.4 is 0 Å². The lowest BCUT2D eigenvalue weighted by Crippen LogP contribution is -2.43. The Morgan fingerprint density at radius 1 is 1.04 bits per heavy atom. The Morgan fingerprint density at radius 3 is 2.33 bits per heavy atom. The lowest BCUT2D eigenvalue weighted by molar-refractivity contribution is 0.0355. The van der Waals surface area contributed by atoms with Gasteiger partial charge in [-0.25, -0.2) is 13.2 Å². The van der Waals surface area contributed by atoms with Crippen LogP contribution in [0.3, 0.4) is 0 Å². The lowest BCUT2D eigenvalue weighted by atomic mass is 10.1. The maximum atomic E-state index is 12.4. The molecule has 27 heavy (non-hydrogen) atoms. The molecule has 1 aliphatic heterocycles. The molecule has 0 aliphatic carbocycles.